The first-order valence-electron chi connectivity index (χ1n) is 5.00. The van der Waals surface area contributed by atoms with Crippen molar-refractivity contribution in [3.63, 3.8) is 0 Å². The average Bonchev–Trinajstić information content (AvgIpc) is 2.26. The molecular weight excluding hydrogens is 146 g/mol. The summed E-state index contributed by atoms with van der Waals surface area (Å²) in [6, 6.07) is 0. The fourth-order valence-electron chi connectivity index (χ4n) is 1.53. The topological polar surface area (TPSA) is 12.4 Å². The van der Waals surface area contributed by atoms with Gasteiger partial charge < -0.3 is 0 Å². The molecule has 1 aliphatic rings. The first-order chi connectivity index (χ1) is 5.83. The molecule has 0 saturated carbocycles. The zero-order valence-electron chi connectivity index (χ0n) is 8.21. The van der Waals surface area contributed by atoms with E-state index >= 15 is 0 Å². The standard InChI is InChI=1S/C11H19N/c1-3-4-5-11-6-7-12-9-10(2)8-11/h7-8,10H,3-6,9H2,1-2H3. The van der Waals surface area contributed by atoms with Crippen molar-refractivity contribution in [2.45, 2.75) is 39.5 Å². The summed E-state index contributed by atoms with van der Waals surface area (Å²) in [5.74, 6) is 0.649. The van der Waals surface area contributed by atoms with Gasteiger partial charge in [-0.3, -0.25) is 4.99 Å². The van der Waals surface area contributed by atoms with Crippen molar-refractivity contribution in [1.82, 2.24) is 0 Å². The summed E-state index contributed by atoms with van der Waals surface area (Å²) in [7, 11) is 0. The van der Waals surface area contributed by atoms with Gasteiger partial charge in [0.05, 0.1) is 0 Å². The van der Waals surface area contributed by atoms with E-state index in [9.17, 15) is 0 Å². The van der Waals surface area contributed by atoms with Crippen LogP contribution in [0.15, 0.2) is 16.6 Å². The maximum Gasteiger partial charge on any atom is 0.0445 e. The van der Waals surface area contributed by atoms with Crippen LogP contribution in [0.25, 0.3) is 0 Å². The zero-order valence-corrected chi connectivity index (χ0v) is 8.21. The molecule has 0 saturated heterocycles. The highest BCUT2D eigenvalue weighted by Crippen LogP contribution is 2.16. The molecule has 0 spiro atoms. The summed E-state index contributed by atoms with van der Waals surface area (Å²) in [5.41, 5.74) is 1.59. The van der Waals surface area contributed by atoms with E-state index < -0.39 is 0 Å². The molecule has 1 atom stereocenters. The second-order valence-electron chi connectivity index (χ2n) is 3.66. The Kier molecular flexibility index (Phi) is 4.06. The van der Waals surface area contributed by atoms with Crippen LogP contribution in [0.1, 0.15) is 39.5 Å². The van der Waals surface area contributed by atoms with E-state index in [2.05, 4.69) is 31.1 Å². The Morgan fingerprint density at radius 2 is 2.42 bits per heavy atom. The van der Waals surface area contributed by atoms with Crippen molar-refractivity contribution in [2.24, 2.45) is 10.9 Å². The minimum absolute atomic E-state index is 0.649. The van der Waals surface area contributed by atoms with E-state index in [4.69, 9.17) is 0 Å². The van der Waals surface area contributed by atoms with Gasteiger partial charge in [0.2, 0.25) is 0 Å². The predicted octanol–water partition coefficient (Wildman–Crippen LogP) is 3.21. The van der Waals surface area contributed by atoms with Crippen LogP contribution in [0.3, 0.4) is 0 Å². The molecule has 0 aromatic carbocycles. The Balaban J connectivity index is 2.43. The van der Waals surface area contributed by atoms with Crippen LogP contribution in [0.5, 0.6) is 0 Å². The molecule has 1 aliphatic heterocycles. The van der Waals surface area contributed by atoms with Gasteiger partial charge in [0.1, 0.15) is 0 Å². The number of aliphatic imine (C=N–C) groups is 1. The Hall–Kier alpha value is -0.590. The lowest BCUT2D eigenvalue weighted by Gasteiger charge is -2.04. The van der Waals surface area contributed by atoms with E-state index in [-0.39, 0.29) is 0 Å². The fraction of sp³-hybridized carbons (Fsp3) is 0.727. The molecule has 1 heteroatoms. The molecule has 1 heterocycles. The summed E-state index contributed by atoms with van der Waals surface area (Å²) in [5, 5.41) is 0. The lowest BCUT2D eigenvalue weighted by atomic mass is 10.0. The van der Waals surface area contributed by atoms with E-state index in [1.54, 1.807) is 5.57 Å². The molecule has 0 fully saturated rings. The number of hydrogen-bond acceptors (Lipinski definition) is 1. The van der Waals surface area contributed by atoms with E-state index in [0.29, 0.717) is 5.92 Å². The minimum atomic E-state index is 0.649. The van der Waals surface area contributed by atoms with Gasteiger partial charge in [0.25, 0.3) is 0 Å². The Bertz CT molecular complexity index is 179. The first-order valence-corrected chi connectivity index (χ1v) is 5.00. The van der Waals surface area contributed by atoms with E-state index in [0.717, 1.165) is 13.0 Å². The van der Waals surface area contributed by atoms with Crippen LogP contribution < -0.4 is 0 Å². The number of hydrogen-bond donors (Lipinski definition) is 0. The van der Waals surface area contributed by atoms with Crippen molar-refractivity contribution in [3.8, 4) is 0 Å². The third kappa shape index (κ3) is 3.21. The van der Waals surface area contributed by atoms with Gasteiger partial charge in [-0.25, -0.2) is 0 Å². The zero-order chi connectivity index (χ0) is 8.81. The molecular formula is C11H19N. The molecule has 68 valence electrons. The van der Waals surface area contributed by atoms with Crippen molar-refractivity contribution in [3.05, 3.63) is 11.6 Å². The van der Waals surface area contributed by atoms with Crippen LogP contribution in [-0.4, -0.2) is 12.8 Å². The van der Waals surface area contributed by atoms with Crippen LogP contribution in [-0.2, 0) is 0 Å². The lowest BCUT2D eigenvalue weighted by molar-refractivity contribution is 0.725. The lowest BCUT2D eigenvalue weighted by Crippen LogP contribution is -1.93. The van der Waals surface area contributed by atoms with Crippen LogP contribution >= 0.6 is 0 Å². The number of unbranched alkanes of at least 4 members (excludes halogenated alkanes) is 1. The van der Waals surface area contributed by atoms with Crippen molar-refractivity contribution < 1.29 is 0 Å². The number of nitrogens with zero attached hydrogens (tertiary/aromatic N) is 1. The van der Waals surface area contributed by atoms with Gasteiger partial charge in [-0.15, -0.1) is 0 Å². The highest BCUT2D eigenvalue weighted by atomic mass is 14.7. The minimum Gasteiger partial charge on any atom is -0.297 e. The van der Waals surface area contributed by atoms with Gasteiger partial charge in [-0.05, 0) is 18.8 Å². The number of rotatable bonds is 3. The van der Waals surface area contributed by atoms with E-state index in [1.165, 1.54) is 19.3 Å². The summed E-state index contributed by atoms with van der Waals surface area (Å²) in [4.78, 5) is 4.33. The molecule has 0 radical (unpaired) electrons. The van der Waals surface area contributed by atoms with E-state index in [1.807, 2.05) is 0 Å². The highest BCUT2D eigenvalue weighted by Gasteiger charge is 2.03. The number of allylic oxidation sites excluding steroid dienone is 1. The van der Waals surface area contributed by atoms with Crippen LogP contribution in [0.4, 0.5) is 0 Å². The normalized spacial score (nSPS) is 23.5. The van der Waals surface area contributed by atoms with Gasteiger partial charge >= 0.3 is 0 Å². The summed E-state index contributed by atoms with van der Waals surface area (Å²) >= 11 is 0. The molecule has 0 aromatic heterocycles. The Morgan fingerprint density at radius 1 is 1.58 bits per heavy atom. The van der Waals surface area contributed by atoms with Crippen molar-refractivity contribution >= 4 is 6.21 Å². The molecule has 0 N–H and O–H groups in total. The van der Waals surface area contributed by atoms with Gasteiger partial charge in [-0.1, -0.05) is 31.9 Å². The molecule has 1 rings (SSSR count). The Labute approximate surface area is 75.6 Å². The first kappa shape index (κ1) is 9.50. The predicted molar refractivity (Wildman–Crippen MR) is 54.7 cm³/mol. The average molecular weight is 165 g/mol. The maximum absolute atomic E-state index is 4.33. The van der Waals surface area contributed by atoms with Crippen LogP contribution in [0, 0.1) is 5.92 Å². The van der Waals surface area contributed by atoms with Crippen molar-refractivity contribution in [2.75, 3.05) is 6.54 Å². The third-order valence-corrected chi connectivity index (χ3v) is 2.25. The molecule has 1 unspecified atom stereocenters. The quantitative estimate of drug-likeness (QED) is 0.569. The SMILES string of the molecule is CCCCC1=CC(C)CN=CC1. The summed E-state index contributed by atoms with van der Waals surface area (Å²) in [6.07, 6.45) is 9.46. The largest absolute Gasteiger partial charge is 0.297 e. The maximum atomic E-state index is 4.33. The molecule has 0 amide bonds. The van der Waals surface area contributed by atoms with Crippen molar-refractivity contribution in [1.29, 1.82) is 0 Å². The smallest absolute Gasteiger partial charge is 0.0445 e. The second kappa shape index (κ2) is 5.13. The van der Waals surface area contributed by atoms with Gasteiger partial charge in [0, 0.05) is 19.2 Å². The summed E-state index contributed by atoms with van der Waals surface area (Å²) < 4.78 is 0. The Morgan fingerprint density at radius 3 is 3.17 bits per heavy atom. The molecule has 12 heavy (non-hydrogen) atoms. The summed E-state index contributed by atoms with van der Waals surface area (Å²) in [6.45, 7) is 5.47. The molecule has 0 aromatic rings. The molecule has 0 aliphatic carbocycles. The van der Waals surface area contributed by atoms with Gasteiger partial charge in [-0.2, -0.15) is 0 Å². The van der Waals surface area contributed by atoms with Gasteiger partial charge in [0.15, 0.2) is 0 Å². The second-order valence-corrected chi connectivity index (χ2v) is 3.66. The third-order valence-electron chi connectivity index (χ3n) is 2.25. The fourth-order valence-corrected chi connectivity index (χ4v) is 1.53. The monoisotopic (exact) mass is 165 g/mol. The highest BCUT2D eigenvalue weighted by molar-refractivity contribution is 5.61. The molecule has 0 bridgehead atoms. The molecule has 1 nitrogen and oxygen atoms in total. The van der Waals surface area contributed by atoms with Crippen LogP contribution in [0.2, 0.25) is 0 Å².